The van der Waals surface area contributed by atoms with Crippen molar-refractivity contribution in [3.8, 4) is 11.4 Å². The predicted octanol–water partition coefficient (Wildman–Crippen LogP) is 5.33. The van der Waals surface area contributed by atoms with Gasteiger partial charge in [0.1, 0.15) is 11.5 Å². The van der Waals surface area contributed by atoms with Crippen molar-refractivity contribution < 1.29 is 18.8 Å². The van der Waals surface area contributed by atoms with Crippen molar-refractivity contribution >= 4 is 40.1 Å². The van der Waals surface area contributed by atoms with Crippen LogP contribution in [0.4, 0.5) is 20.6 Å². The van der Waals surface area contributed by atoms with Gasteiger partial charge in [0.05, 0.1) is 11.4 Å². The fourth-order valence-corrected chi connectivity index (χ4v) is 8.22. The predicted molar refractivity (Wildman–Crippen MR) is 191 cm³/mol. The highest BCUT2D eigenvalue weighted by Crippen LogP contribution is 2.38. The molecule has 5 heterocycles. The largest absolute Gasteiger partial charge is 0.371 e. The summed E-state index contributed by atoms with van der Waals surface area (Å²) in [5, 5.41) is 11.2. The van der Waals surface area contributed by atoms with E-state index >= 15 is 4.39 Å². The minimum atomic E-state index is -0.584. The summed E-state index contributed by atoms with van der Waals surface area (Å²) in [6, 6.07) is 12.5. The van der Waals surface area contributed by atoms with Gasteiger partial charge in [-0.3, -0.25) is 29.8 Å². The first-order chi connectivity index (χ1) is 24.1. The highest BCUT2D eigenvalue weighted by Gasteiger charge is 2.31. The zero-order chi connectivity index (χ0) is 34.6. The highest BCUT2D eigenvalue weighted by atomic mass is 19.1. The number of halogens is 1. The number of amides is 4. The van der Waals surface area contributed by atoms with Crippen LogP contribution in [-0.4, -0.2) is 95.2 Å². The molecule has 3 fully saturated rings. The number of aromatic nitrogens is 3. The molecule has 3 saturated heterocycles. The van der Waals surface area contributed by atoms with Gasteiger partial charge in [0.2, 0.25) is 5.91 Å². The van der Waals surface area contributed by atoms with Crippen molar-refractivity contribution in [2.45, 2.75) is 52.4 Å². The number of piperidine rings is 1. The maximum atomic E-state index is 15.1. The summed E-state index contributed by atoms with van der Waals surface area (Å²) in [6.45, 7) is 10.6. The van der Waals surface area contributed by atoms with Gasteiger partial charge >= 0.3 is 6.03 Å². The van der Waals surface area contributed by atoms with Crippen molar-refractivity contribution in [1.29, 1.82) is 0 Å². The highest BCUT2D eigenvalue weighted by molar-refractivity contribution is 6.05. The summed E-state index contributed by atoms with van der Waals surface area (Å²) < 4.78 is 15.1. The second kappa shape index (κ2) is 12.9. The number of H-pyrrole nitrogens is 2. The Kier molecular flexibility index (Phi) is 8.37. The molecule has 4 amide bonds. The molecule has 4 aromatic rings. The van der Waals surface area contributed by atoms with E-state index in [0.29, 0.717) is 24.6 Å². The summed E-state index contributed by atoms with van der Waals surface area (Å²) in [7, 11) is 0. The number of anilines is 2. The van der Waals surface area contributed by atoms with E-state index in [9.17, 15) is 14.4 Å². The monoisotopic (exact) mass is 680 g/mol. The van der Waals surface area contributed by atoms with E-state index in [-0.39, 0.29) is 35.9 Å². The van der Waals surface area contributed by atoms with Gasteiger partial charge in [0, 0.05) is 92.2 Å². The number of nitrogens with one attached hydrogen (secondary N) is 3. The minimum Gasteiger partial charge on any atom is -0.371 e. The Bertz CT molecular complexity index is 1950. The van der Waals surface area contributed by atoms with Gasteiger partial charge in [-0.15, -0.1) is 0 Å². The molecule has 0 radical (unpaired) electrons. The fourth-order valence-electron chi connectivity index (χ4n) is 8.22. The second-order valence-corrected chi connectivity index (χ2v) is 15.3. The van der Waals surface area contributed by atoms with Crippen LogP contribution in [0, 0.1) is 17.2 Å². The molecule has 11 nitrogen and oxygen atoms in total. The quantitative estimate of drug-likeness (QED) is 0.253. The smallest absolute Gasteiger partial charge is 0.328 e. The lowest BCUT2D eigenvalue weighted by molar-refractivity contribution is -0.120. The van der Waals surface area contributed by atoms with Crippen LogP contribution in [0.3, 0.4) is 0 Å². The Balaban J connectivity index is 0.827. The zero-order valence-corrected chi connectivity index (χ0v) is 28.9. The van der Waals surface area contributed by atoms with E-state index in [4.69, 9.17) is 0 Å². The maximum Gasteiger partial charge on any atom is 0.328 e. The molecule has 4 aliphatic rings. The Labute approximate surface area is 291 Å². The normalized spacial score (nSPS) is 20.3. The van der Waals surface area contributed by atoms with Gasteiger partial charge in [-0.25, -0.2) is 9.18 Å². The zero-order valence-electron chi connectivity index (χ0n) is 28.9. The molecule has 3 N–H and O–H groups in total. The number of carbonyl (C=O) groups excluding carboxylic acids is 3. The Morgan fingerprint density at radius 2 is 1.76 bits per heavy atom. The van der Waals surface area contributed by atoms with E-state index < -0.39 is 11.8 Å². The van der Waals surface area contributed by atoms with Crippen LogP contribution in [0.25, 0.3) is 22.3 Å². The lowest BCUT2D eigenvalue weighted by Gasteiger charge is -2.39. The van der Waals surface area contributed by atoms with Gasteiger partial charge in [-0.1, -0.05) is 13.8 Å². The molecule has 262 valence electrons. The van der Waals surface area contributed by atoms with Crippen LogP contribution in [0.15, 0.2) is 42.5 Å². The maximum absolute atomic E-state index is 15.1. The molecule has 1 aliphatic carbocycles. The lowest BCUT2D eigenvalue weighted by Crippen LogP contribution is -2.50. The summed E-state index contributed by atoms with van der Waals surface area (Å²) >= 11 is 0. The van der Waals surface area contributed by atoms with E-state index in [2.05, 4.69) is 50.2 Å². The Morgan fingerprint density at radius 3 is 2.52 bits per heavy atom. The summed E-state index contributed by atoms with van der Waals surface area (Å²) in [4.78, 5) is 48.7. The summed E-state index contributed by atoms with van der Waals surface area (Å²) in [6.07, 6.45) is 5.35. The average Bonchev–Trinajstić information content (AvgIpc) is 3.72. The van der Waals surface area contributed by atoms with Crippen molar-refractivity contribution in [3.63, 3.8) is 0 Å². The van der Waals surface area contributed by atoms with Crippen molar-refractivity contribution in [1.82, 2.24) is 30.3 Å². The SMILES string of the molecule is CC1(C)CCc2c(-c3cc4cc(C(=O)N5CCN(CC6CCN(c7ccc(N8CCC(=O)NC8=O)c(F)c7)CC6)CC5)ccc4[nH]3)n[nH]c2C1. The molecule has 2 aromatic carbocycles. The van der Waals surface area contributed by atoms with Crippen molar-refractivity contribution in [2.24, 2.45) is 11.3 Å². The lowest BCUT2D eigenvalue weighted by atomic mass is 9.76. The van der Waals surface area contributed by atoms with E-state index in [1.54, 1.807) is 6.07 Å². The summed E-state index contributed by atoms with van der Waals surface area (Å²) in [5.41, 5.74) is 7.55. The summed E-state index contributed by atoms with van der Waals surface area (Å²) in [5.74, 6) is -0.177. The third kappa shape index (κ3) is 6.36. The topological polar surface area (TPSA) is 121 Å². The molecule has 50 heavy (non-hydrogen) atoms. The van der Waals surface area contributed by atoms with Crippen LogP contribution in [-0.2, 0) is 17.6 Å². The minimum absolute atomic E-state index is 0.0784. The first-order valence-electron chi connectivity index (χ1n) is 18.0. The van der Waals surface area contributed by atoms with Crippen LogP contribution in [0.2, 0.25) is 0 Å². The number of nitrogens with zero attached hydrogens (tertiary/aromatic N) is 5. The number of rotatable bonds is 6. The van der Waals surface area contributed by atoms with Gasteiger partial charge in [-0.05, 0) is 85.9 Å². The molecular formula is C38H45FN8O3. The van der Waals surface area contributed by atoms with E-state index in [1.165, 1.54) is 22.2 Å². The van der Waals surface area contributed by atoms with E-state index in [1.807, 2.05) is 29.2 Å². The number of hydrogen-bond acceptors (Lipinski definition) is 6. The van der Waals surface area contributed by atoms with Crippen LogP contribution >= 0.6 is 0 Å². The molecule has 8 rings (SSSR count). The van der Waals surface area contributed by atoms with Gasteiger partial charge < -0.3 is 14.8 Å². The van der Waals surface area contributed by atoms with Gasteiger partial charge in [-0.2, -0.15) is 5.10 Å². The number of imide groups is 1. The molecule has 3 aliphatic heterocycles. The Hall–Kier alpha value is -4.71. The molecule has 0 atom stereocenters. The number of aromatic amines is 2. The number of carbonyl (C=O) groups is 3. The molecule has 12 heteroatoms. The molecule has 0 saturated carbocycles. The van der Waals surface area contributed by atoms with Gasteiger partial charge in [0.25, 0.3) is 5.91 Å². The molecular weight excluding hydrogens is 635 g/mol. The molecule has 2 aromatic heterocycles. The fraction of sp³-hybridized carbons (Fsp3) is 0.474. The van der Waals surface area contributed by atoms with Crippen molar-refractivity contribution in [3.05, 3.63) is 65.1 Å². The number of hydrogen-bond donors (Lipinski definition) is 3. The van der Waals surface area contributed by atoms with Crippen molar-refractivity contribution in [2.75, 3.05) is 62.2 Å². The number of fused-ring (bicyclic) bond motifs is 2. The van der Waals surface area contributed by atoms with Crippen LogP contribution < -0.4 is 15.1 Å². The number of urea groups is 1. The number of benzene rings is 2. The van der Waals surface area contributed by atoms with E-state index in [0.717, 1.165) is 92.8 Å². The standard InChI is InChI=1S/C38H45FN8O3/c1-38(2)11-7-28-32(22-38)42-43-35(28)31-20-26-19-25(3-5-30(26)40-31)36(49)46-17-15-44(16-18-46)23-24-8-12-45(13-9-24)27-4-6-33(29(39)21-27)47-14-10-34(48)41-37(47)50/h3-6,19-21,24,40H,7-18,22-23H2,1-2H3,(H,42,43)(H,41,48,50). The average molecular weight is 681 g/mol. The third-order valence-corrected chi connectivity index (χ3v) is 11.2. The number of piperazine rings is 1. The second-order valence-electron chi connectivity index (χ2n) is 15.3. The van der Waals surface area contributed by atoms with Crippen LogP contribution in [0.1, 0.15) is 61.1 Å². The first-order valence-corrected chi connectivity index (χ1v) is 18.0. The molecule has 0 unspecified atom stereocenters. The molecule has 0 bridgehead atoms. The Morgan fingerprint density at radius 1 is 0.960 bits per heavy atom. The first kappa shape index (κ1) is 32.5. The molecule has 0 spiro atoms. The van der Waals surface area contributed by atoms with Gasteiger partial charge in [0.15, 0.2) is 0 Å². The third-order valence-electron chi connectivity index (χ3n) is 11.2. The van der Waals surface area contributed by atoms with Crippen LogP contribution in [0.5, 0.6) is 0 Å².